The van der Waals surface area contributed by atoms with E-state index in [1.165, 1.54) is 0 Å². The Bertz CT molecular complexity index is 993. The van der Waals surface area contributed by atoms with Gasteiger partial charge in [0, 0.05) is 31.5 Å². The predicted molar refractivity (Wildman–Crippen MR) is 106 cm³/mol. The van der Waals surface area contributed by atoms with Crippen LogP contribution in [0.2, 0.25) is 0 Å². The maximum absolute atomic E-state index is 13.3. The zero-order chi connectivity index (χ0) is 19.5. The molecule has 144 valence electrons. The predicted octanol–water partition coefficient (Wildman–Crippen LogP) is 2.47. The van der Waals surface area contributed by atoms with Crippen molar-refractivity contribution in [1.82, 2.24) is 14.3 Å². The number of hydrogen-bond acceptors (Lipinski definition) is 4. The average Bonchev–Trinajstić information content (AvgIpc) is 3.15. The van der Waals surface area contributed by atoms with Gasteiger partial charge in [-0.25, -0.2) is 4.98 Å². The topological polar surface area (TPSA) is 67.2 Å². The molecule has 0 radical (unpaired) electrons. The number of amides is 2. The first-order valence-electron chi connectivity index (χ1n) is 9.41. The highest BCUT2D eigenvalue weighted by Gasteiger charge is 2.28. The largest absolute Gasteiger partial charge is 0.378 e. The van der Waals surface area contributed by atoms with Gasteiger partial charge in [-0.2, -0.15) is 0 Å². The summed E-state index contributed by atoms with van der Waals surface area (Å²) in [6.07, 6.45) is 1.77. The van der Waals surface area contributed by atoms with Crippen molar-refractivity contribution in [3.8, 4) is 0 Å². The number of carbonyl (C=O) groups excluding carboxylic acids is 2. The molecule has 0 bridgehead atoms. The van der Waals surface area contributed by atoms with E-state index < -0.39 is 0 Å². The van der Waals surface area contributed by atoms with Crippen molar-refractivity contribution in [1.29, 1.82) is 0 Å². The number of anilines is 1. The Kier molecular flexibility index (Phi) is 5.08. The standard InChI is InChI=1S/C21H22N4O3/c1-2-24(16-8-4-3-5-9-16)20(26)18-17-10-6-7-11-25(17)19(22-18)21(27)23-12-14-28-15-13-23/h3-11H,2,12-15H2,1H3. The van der Waals surface area contributed by atoms with Crippen molar-refractivity contribution in [3.05, 3.63) is 66.2 Å². The van der Waals surface area contributed by atoms with Gasteiger partial charge in [-0.05, 0) is 31.2 Å². The van der Waals surface area contributed by atoms with E-state index in [1.54, 1.807) is 20.4 Å². The number of rotatable bonds is 4. The lowest BCUT2D eigenvalue weighted by Gasteiger charge is -2.26. The first kappa shape index (κ1) is 18.2. The molecule has 7 nitrogen and oxygen atoms in total. The number of morpholine rings is 1. The fourth-order valence-corrected chi connectivity index (χ4v) is 3.43. The van der Waals surface area contributed by atoms with Gasteiger partial charge in [0.2, 0.25) is 5.82 Å². The van der Waals surface area contributed by atoms with Gasteiger partial charge in [0.1, 0.15) is 0 Å². The van der Waals surface area contributed by atoms with Crippen LogP contribution in [0.5, 0.6) is 0 Å². The van der Waals surface area contributed by atoms with Crippen molar-refractivity contribution >= 4 is 23.0 Å². The maximum Gasteiger partial charge on any atom is 0.290 e. The van der Waals surface area contributed by atoms with E-state index in [1.807, 2.05) is 55.5 Å². The van der Waals surface area contributed by atoms with Crippen molar-refractivity contribution < 1.29 is 14.3 Å². The van der Waals surface area contributed by atoms with Gasteiger partial charge < -0.3 is 14.5 Å². The Labute approximate surface area is 163 Å². The van der Waals surface area contributed by atoms with E-state index in [-0.39, 0.29) is 23.3 Å². The molecule has 0 aliphatic carbocycles. The molecule has 2 amide bonds. The van der Waals surface area contributed by atoms with Crippen molar-refractivity contribution in [2.75, 3.05) is 37.7 Å². The minimum absolute atomic E-state index is 0.189. The van der Waals surface area contributed by atoms with Gasteiger partial charge in [-0.3, -0.25) is 14.0 Å². The summed E-state index contributed by atoms with van der Waals surface area (Å²) in [5.74, 6) is -0.158. The molecule has 1 saturated heterocycles. The number of para-hydroxylation sites is 1. The van der Waals surface area contributed by atoms with Crippen molar-refractivity contribution in [2.45, 2.75) is 6.92 Å². The fourth-order valence-electron chi connectivity index (χ4n) is 3.43. The third-order valence-corrected chi connectivity index (χ3v) is 4.87. The van der Waals surface area contributed by atoms with E-state index in [2.05, 4.69) is 4.98 Å². The minimum Gasteiger partial charge on any atom is -0.378 e. The molecule has 4 rings (SSSR count). The van der Waals surface area contributed by atoms with Crippen LogP contribution in [-0.4, -0.2) is 58.9 Å². The van der Waals surface area contributed by atoms with Gasteiger partial charge in [-0.15, -0.1) is 0 Å². The van der Waals surface area contributed by atoms with Crippen molar-refractivity contribution in [3.63, 3.8) is 0 Å². The van der Waals surface area contributed by atoms with E-state index in [4.69, 9.17) is 4.74 Å². The average molecular weight is 378 g/mol. The summed E-state index contributed by atoms with van der Waals surface area (Å²) in [4.78, 5) is 34.2. The molecule has 0 atom stereocenters. The molecule has 7 heteroatoms. The Balaban J connectivity index is 1.75. The lowest BCUT2D eigenvalue weighted by atomic mass is 10.2. The summed E-state index contributed by atoms with van der Waals surface area (Å²) < 4.78 is 7.03. The molecule has 28 heavy (non-hydrogen) atoms. The fraction of sp³-hybridized carbons (Fsp3) is 0.286. The summed E-state index contributed by atoms with van der Waals surface area (Å²) in [6, 6.07) is 15.0. The number of benzene rings is 1. The number of nitrogens with zero attached hydrogens (tertiary/aromatic N) is 4. The normalized spacial score (nSPS) is 14.2. The smallest absolute Gasteiger partial charge is 0.290 e. The van der Waals surface area contributed by atoms with Crippen LogP contribution in [-0.2, 0) is 4.74 Å². The molecule has 3 heterocycles. The molecular formula is C21H22N4O3. The van der Waals surface area contributed by atoms with Gasteiger partial charge >= 0.3 is 0 Å². The SMILES string of the molecule is CCN(C(=O)c1nc(C(=O)N2CCOCC2)n2ccccc12)c1ccccc1. The highest BCUT2D eigenvalue weighted by molar-refractivity contribution is 6.10. The first-order chi connectivity index (χ1) is 13.7. The number of pyridine rings is 1. The van der Waals surface area contributed by atoms with E-state index in [9.17, 15) is 9.59 Å². The zero-order valence-electron chi connectivity index (χ0n) is 15.7. The quantitative estimate of drug-likeness (QED) is 0.700. The van der Waals surface area contributed by atoms with Crippen LogP contribution in [0.1, 0.15) is 28.0 Å². The minimum atomic E-state index is -0.224. The Morgan fingerprint density at radius 3 is 2.50 bits per heavy atom. The summed E-state index contributed by atoms with van der Waals surface area (Å²) in [7, 11) is 0. The molecule has 1 aliphatic heterocycles. The first-order valence-corrected chi connectivity index (χ1v) is 9.41. The monoisotopic (exact) mass is 378 g/mol. The second kappa shape index (κ2) is 7.82. The molecular weight excluding hydrogens is 356 g/mol. The number of ether oxygens (including phenoxy) is 1. The van der Waals surface area contributed by atoms with E-state index in [0.717, 1.165) is 5.69 Å². The summed E-state index contributed by atoms with van der Waals surface area (Å²) in [5.41, 5.74) is 1.70. The molecule has 0 saturated carbocycles. The lowest BCUT2D eigenvalue weighted by Crippen LogP contribution is -2.41. The highest BCUT2D eigenvalue weighted by Crippen LogP contribution is 2.21. The van der Waals surface area contributed by atoms with Crippen LogP contribution in [0.3, 0.4) is 0 Å². The molecule has 2 aromatic heterocycles. The third kappa shape index (κ3) is 3.25. The van der Waals surface area contributed by atoms with Crippen LogP contribution >= 0.6 is 0 Å². The Hall–Kier alpha value is -3.19. The number of hydrogen-bond donors (Lipinski definition) is 0. The van der Waals surface area contributed by atoms with Crippen LogP contribution in [0.4, 0.5) is 5.69 Å². The third-order valence-electron chi connectivity index (χ3n) is 4.87. The second-order valence-electron chi connectivity index (χ2n) is 6.53. The molecule has 0 spiro atoms. The molecule has 0 N–H and O–H groups in total. The van der Waals surface area contributed by atoms with Gasteiger partial charge in [0.05, 0.1) is 18.7 Å². The Morgan fingerprint density at radius 1 is 1.07 bits per heavy atom. The number of aromatic nitrogens is 2. The van der Waals surface area contributed by atoms with Crippen LogP contribution in [0.15, 0.2) is 54.7 Å². The van der Waals surface area contributed by atoms with Gasteiger partial charge in [0.25, 0.3) is 11.8 Å². The van der Waals surface area contributed by atoms with Gasteiger partial charge in [-0.1, -0.05) is 24.3 Å². The summed E-state index contributed by atoms with van der Waals surface area (Å²) >= 11 is 0. The molecule has 3 aromatic rings. The van der Waals surface area contributed by atoms with Crippen LogP contribution in [0, 0.1) is 0 Å². The van der Waals surface area contributed by atoms with Crippen LogP contribution < -0.4 is 4.90 Å². The molecule has 0 unspecified atom stereocenters. The Morgan fingerprint density at radius 2 is 1.79 bits per heavy atom. The van der Waals surface area contributed by atoms with Crippen LogP contribution in [0.25, 0.3) is 5.52 Å². The maximum atomic E-state index is 13.3. The molecule has 1 fully saturated rings. The van der Waals surface area contributed by atoms with E-state index in [0.29, 0.717) is 38.4 Å². The van der Waals surface area contributed by atoms with Crippen molar-refractivity contribution in [2.24, 2.45) is 0 Å². The zero-order valence-corrected chi connectivity index (χ0v) is 15.7. The summed E-state index contributed by atoms with van der Waals surface area (Å²) in [6.45, 7) is 4.49. The number of imidazole rings is 1. The van der Waals surface area contributed by atoms with E-state index >= 15 is 0 Å². The van der Waals surface area contributed by atoms with Gasteiger partial charge in [0.15, 0.2) is 5.69 Å². The highest BCUT2D eigenvalue weighted by atomic mass is 16.5. The number of carbonyl (C=O) groups is 2. The second-order valence-corrected chi connectivity index (χ2v) is 6.53. The number of fused-ring (bicyclic) bond motifs is 1. The molecule has 1 aromatic carbocycles. The molecule has 1 aliphatic rings. The lowest BCUT2D eigenvalue weighted by molar-refractivity contribution is 0.0294. The summed E-state index contributed by atoms with van der Waals surface area (Å²) in [5, 5.41) is 0.